The first-order chi connectivity index (χ1) is 9.06. The molecule has 2 atom stereocenters. The molecule has 2 saturated heterocycles. The van der Waals surface area contributed by atoms with Crippen molar-refractivity contribution in [1.29, 1.82) is 0 Å². The number of hydrogen-bond acceptors (Lipinski definition) is 3. The van der Waals surface area contributed by atoms with Crippen LogP contribution in [0.1, 0.15) is 17.9 Å². The van der Waals surface area contributed by atoms with Gasteiger partial charge >= 0.3 is 5.97 Å². The summed E-state index contributed by atoms with van der Waals surface area (Å²) in [6.45, 7) is 4.11. The highest BCUT2D eigenvalue weighted by atomic mass is 35.5. The topological polar surface area (TPSA) is 55.4 Å². The van der Waals surface area contributed by atoms with Gasteiger partial charge in [-0.25, -0.2) is 4.79 Å². The molecule has 0 aromatic heterocycles. The van der Waals surface area contributed by atoms with Crippen molar-refractivity contribution in [3.63, 3.8) is 0 Å². The monoisotopic (exact) mass is 277 g/mol. The lowest BCUT2D eigenvalue weighted by molar-refractivity contribution is -0.144. The maximum atomic E-state index is 12.1. The standard InChI is InChI=1S/C14H12ClNO3/c1-8-11(9-4-2-3-5-10(9)15)14(16-12(8)17)6-7-19-13(14)18/h2-5,11H,1,6-7H2,(H,16,17)/t11-,14-/m0/s1. The Morgan fingerprint density at radius 2 is 2.11 bits per heavy atom. The van der Waals surface area contributed by atoms with E-state index in [1.807, 2.05) is 12.1 Å². The van der Waals surface area contributed by atoms with Gasteiger partial charge in [0, 0.05) is 22.9 Å². The van der Waals surface area contributed by atoms with Gasteiger partial charge in [-0.3, -0.25) is 4.79 Å². The quantitative estimate of drug-likeness (QED) is 0.629. The molecule has 1 N–H and O–H groups in total. The number of ether oxygens (including phenoxy) is 1. The van der Waals surface area contributed by atoms with Crippen molar-refractivity contribution >= 4 is 23.5 Å². The van der Waals surface area contributed by atoms with Crippen molar-refractivity contribution in [3.05, 3.63) is 47.0 Å². The molecule has 2 heterocycles. The van der Waals surface area contributed by atoms with E-state index in [4.69, 9.17) is 16.3 Å². The minimum Gasteiger partial charge on any atom is -0.464 e. The summed E-state index contributed by atoms with van der Waals surface area (Å²) in [5.74, 6) is -1.20. The molecule has 0 aliphatic carbocycles. The molecular formula is C14H12ClNO3. The first kappa shape index (κ1) is 12.2. The zero-order valence-corrected chi connectivity index (χ0v) is 10.9. The number of esters is 1. The summed E-state index contributed by atoms with van der Waals surface area (Å²) in [6.07, 6.45) is 0.437. The summed E-state index contributed by atoms with van der Waals surface area (Å²) in [7, 11) is 0. The zero-order chi connectivity index (χ0) is 13.6. The number of cyclic esters (lactones) is 1. The third kappa shape index (κ3) is 1.60. The fourth-order valence-corrected chi connectivity index (χ4v) is 3.10. The van der Waals surface area contributed by atoms with Crippen LogP contribution in [-0.4, -0.2) is 24.0 Å². The Kier molecular flexibility index (Phi) is 2.64. The predicted molar refractivity (Wildman–Crippen MR) is 69.8 cm³/mol. The van der Waals surface area contributed by atoms with Crippen molar-refractivity contribution in [1.82, 2.24) is 5.32 Å². The van der Waals surface area contributed by atoms with Gasteiger partial charge in [0.05, 0.1) is 6.61 Å². The van der Waals surface area contributed by atoms with Gasteiger partial charge in [0.2, 0.25) is 5.91 Å². The first-order valence-electron chi connectivity index (χ1n) is 5.99. The third-order valence-corrected chi connectivity index (χ3v) is 4.12. The largest absolute Gasteiger partial charge is 0.464 e. The highest BCUT2D eigenvalue weighted by Crippen LogP contribution is 2.46. The lowest BCUT2D eigenvalue weighted by Crippen LogP contribution is -2.49. The van der Waals surface area contributed by atoms with Gasteiger partial charge in [0.25, 0.3) is 0 Å². The van der Waals surface area contributed by atoms with Gasteiger partial charge in [-0.2, -0.15) is 0 Å². The molecular weight excluding hydrogens is 266 g/mol. The molecule has 98 valence electrons. The summed E-state index contributed by atoms with van der Waals surface area (Å²) in [4.78, 5) is 24.0. The molecule has 1 aromatic carbocycles. The maximum absolute atomic E-state index is 12.1. The molecule has 2 fully saturated rings. The van der Waals surface area contributed by atoms with Crippen molar-refractivity contribution in [2.24, 2.45) is 0 Å². The summed E-state index contributed by atoms with van der Waals surface area (Å²) in [5, 5.41) is 3.25. The molecule has 0 unspecified atom stereocenters. The summed E-state index contributed by atoms with van der Waals surface area (Å²) < 4.78 is 5.04. The lowest BCUT2D eigenvalue weighted by atomic mass is 9.77. The average Bonchev–Trinajstić information content (AvgIpc) is 2.85. The van der Waals surface area contributed by atoms with Gasteiger partial charge in [-0.15, -0.1) is 0 Å². The van der Waals surface area contributed by atoms with E-state index in [-0.39, 0.29) is 5.91 Å². The second-order valence-electron chi connectivity index (χ2n) is 4.79. The molecule has 0 radical (unpaired) electrons. The third-order valence-electron chi connectivity index (χ3n) is 3.78. The van der Waals surface area contributed by atoms with Gasteiger partial charge in [0.1, 0.15) is 0 Å². The second-order valence-corrected chi connectivity index (χ2v) is 5.20. The minimum atomic E-state index is -1.04. The zero-order valence-electron chi connectivity index (χ0n) is 10.1. The molecule has 0 bridgehead atoms. The van der Waals surface area contributed by atoms with Crippen molar-refractivity contribution in [3.8, 4) is 0 Å². The van der Waals surface area contributed by atoms with Crippen molar-refractivity contribution in [2.45, 2.75) is 17.9 Å². The van der Waals surface area contributed by atoms with Crippen LogP contribution in [-0.2, 0) is 14.3 Å². The molecule has 3 rings (SSSR count). The van der Waals surface area contributed by atoms with Crippen LogP contribution in [0.5, 0.6) is 0 Å². The Hall–Kier alpha value is -1.81. The normalized spacial score (nSPS) is 29.7. The second kappa shape index (κ2) is 4.10. The Bertz CT molecular complexity index is 598. The van der Waals surface area contributed by atoms with Crippen LogP contribution >= 0.6 is 11.6 Å². The van der Waals surface area contributed by atoms with Crippen LogP contribution in [0.2, 0.25) is 5.02 Å². The van der Waals surface area contributed by atoms with Gasteiger partial charge in [-0.1, -0.05) is 36.4 Å². The van der Waals surface area contributed by atoms with E-state index in [1.54, 1.807) is 12.1 Å². The Morgan fingerprint density at radius 1 is 1.37 bits per heavy atom. The highest BCUT2D eigenvalue weighted by molar-refractivity contribution is 6.31. The molecule has 1 spiro atoms. The number of benzene rings is 1. The van der Waals surface area contributed by atoms with E-state index in [0.29, 0.717) is 23.6 Å². The lowest BCUT2D eigenvalue weighted by Gasteiger charge is -2.27. The molecule has 1 amide bonds. The molecule has 19 heavy (non-hydrogen) atoms. The van der Waals surface area contributed by atoms with Gasteiger partial charge in [-0.05, 0) is 11.6 Å². The van der Waals surface area contributed by atoms with Gasteiger partial charge < -0.3 is 10.1 Å². The van der Waals surface area contributed by atoms with E-state index >= 15 is 0 Å². The number of nitrogens with one attached hydrogen (secondary N) is 1. The summed E-state index contributed by atoms with van der Waals surface area (Å²) in [5.41, 5.74) is 0.0393. The van der Waals surface area contributed by atoms with Crippen LogP contribution in [0.3, 0.4) is 0 Å². The highest BCUT2D eigenvalue weighted by Gasteiger charge is 2.59. The molecule has 4 nitrogen and oxygen atoms in total. The van der Waals surface area contributed by atoms with Crippen molar-refractivity contribution < 1.29 is 14.3 Å². The maximum Gasteiger partial charge on any atom is 0.333 e. The van der Waals surface area contributed by atoms with E-state index < -0.39 is 17.4 Å². The number of rotatable bonds is 1. The number of carbonyl (C=O) groups excluding carboxylic acids is 2. The SMILES string of the molecule is C=C1C(=O)N[C@@]2(CCOC2=O)[C@@H]1c1ccccc1Cl. The smallest absolute Gasteiger partial charge is 0.333 e. The first-order valence-corrected chi connectivity index (χ1v) is 6.37. The van der Waals surface area contributed by atoms with Crippen molar-refractivity contribution in [2.75, 3.05) is 6.61 Å². The minimum absolute atomic E-state index is 0.299. The molecule has 5 heteroatoms. The van der Waals surface area contributed by atoms with Crippen LogP contribution < -0.4 is 5.32 Å². The molecule has 1 aromatic rings. The van der Waals surface area contributed by atoms with E-state index in [0.717, 1.165) is 5.56 Å². The fourth-order valence-electron chi connectivity index (χ4n) is 2.86. The number of carbonyl (C=O) groups is 2. The van der Waals surface area contributed by atoms with E-state index in [9.17, 15) is 9.59 Å². The Balaban J connectivity index is 2.16. The Morgan fingerprint density at radius 3 is 2.74 bits per heavy atom. The predicted octanol–water partition coefficient (Wildman–Crippen LogP) is 1.80. The van der Waals surface area contributed by atoms with Gasteiger partial charge in [0.15, 0.2) is 5.54 Å². The molecule has 2 aliphatic rings. The van der Waals surface area contributed by atoms with E-state index in [2.05, 4.69) is 11.9 Å². The van der Waals surface area contributed by atoms with E-state index in [1.165, 1.54) is 0 Å². The fraction of sp³-hybridized carbons (Fsp3) is 0.286. The van der Waals surface area contributed by atoms with Crippen LogP contribution in [0, 0.1) is 0 Å². The average molecular weight is 278 g/mol. The molecule has 0 saturated carbocycles. The van der Waals surface area contributed by atoms with Crippen LogP contribution in [0.25, 0.3) is 0 Å². The summed E-state index contributed by atoms with van der Waals surface area (Å²) in [6, 6.07) is 7.18. The van der Waals surface area contributed by atoms with Crippen LogP contribution in [0.4, 0.5) is 0 Å². The molecule has 2 aliphatic heterocycles. The van der Waals surface area contributed by atoms with Crippen LogP contribution in [0.15, 0.2) is 36.4 Å². The number of hydrogen-bond donors (Lipinski definition) is 1. The summed E-state index contributed by atoms with van der Waals surface area (Å²) >= 11 is 6.19. The number of amides is 1. The number of halogens is 1. The Labute approximate surface area is 115 Å².